The number of carbonyl (C=O) groups excluding carboxylic acids is 2. The average Bonchev–Trinajstić information content (AvgIpc) is 3.31. The Morgan fingerprint density at radius 1 is 0.493 bits per heavy atom. The average molecular weight is 997 g/mol. The molecule has 0 bridgehead atoms. The van der Waals surface area contributed by atoms with Gasteiger partial charge in [0.1, 0.15) is 19.3 Å². The first-order chi connectivity index (χ1) is 33.4. The van der Waals surface area contributed by atoms with Gasteiger partial charge < -0.3 is 19.4 Å². The third-order valence-electron chi connectivity index (χ3n) is 13.4. The van der Waals surface area contributed by atoms with Crippen LogP contribution in [0.5, 0.6) is 0 Å². The van der Waals surface area contributed by atoms with Crippen LogP contribution in [0.25, 0.3) is 0 Å². The van der Waals surface area contributed by atoms with Crippen molar-refractivity contribution in [2.75, 3.05) is 40.9 Å². The number of rotatable bonds is 54. The highest BCUT2D eigenvalue weighted by Crippen LogP contribution is 2.43. The molecule has 0 rings (SSSR count). The van der Waals surface area contributed by atoms with E-state index in [1.54, 1.807) is 0 Å². The Bertz CT molecular complexity index is 1240. The Hall–Kier alpha value is -1.51. The maximum Gasteiger partial charge on any atom is 0.472 e. The van der Waals surface area contributed by atoms with Crippen LogP contribution in [0.3, 0.4) is 0 Å². The van der Waals surface area contributed by atoms with Crippen molar-refractivity contribution < 1.29 is 37.3 Å². The van der Waals surface area contributed by atoms with Crippen LogP contribution < -0.4 is 5.32 Å². The zero-order chi connectivity index (χ0) is 50.8. The van der Waals surface area contributed by atoms with Crippen LogP contribution in [0.15, 0.2) is 24.3 Å². The van der Waals surface area contributed by atoms with E-state index in [0.29, 0.717) is 23.9 Å². The molecule has 0 saturated carbocycles. The first-order valence-corrected chi connectivity index (χ1v) is 31.2. The van der Waals surface area contributed by atoms with Gasteiger partial charge in [0.05, 0.1) is 33.8 Å². The molecule has 69 heavy (non-hydrogen) atoms. The van der Waals surface area contributed by atoms with Gasteiger partial charge in [0.25, 0.3) is 0 Å². The number of hydrogen-bond donors (Lipinski definition) is 2. The molecule has 9 nitrogen and oxygen atoms in total. The Balaban J connectivity index is 5.22. The van der Waals surface area contributed by atoms with Gasteiger partial charge in [-0.1, -0.05) is 244 Å². The quantitative estimate of drug-likeness (QED) is 0.0205. The van der Waals surface area contributed by atoms with E-state index in [2.05, 4.69) is 38.2 Å². The first-order valence-electron chi connectivity index (χ1n) is 29.7. The summed E-state index contributed by atoms with van der Waals surface area (Å²) in [4.78, 5) is 37.6. The van der Waals surface area contributed by atoms with E-state index in [9.17, 15) is 19.0 Å². The van der Waals surface area contributed by atoms with Crippen molar-refractivity contribution in [2.24, 2.45) is 0 Å². The van der Waals surface area contributed by atoms with Crippen LogP contribution >= 0.6 is 7.82 Å². The van der Waals surface area contributed by atoms with E-state index in [4.69, 9.17) is 13.8 Å². The fourth-order valence-corrected chi connectivity index (χ4v) is 9.50. The Labute approximate surface area is 428 Å². The van der Waals surface area contributed by atoms with Crippen LogP contribution in [0.2, 0.25) is 0 Å². The molecule has 2 N–H and O–H groups in total. The van der Waals surface area contributed by atoms with Crippen LogP contribution in [-0.2, 0) is 27.9 Å². The summed E-state index contributed by atoms with van der Waals surface area (Å²) < 4.78 is 30.6. The molecule has 0 radical (unpaired) electrons. The van der Waals surface area contributed by atoms with E-state index < -0.39 is 20.0 Å². The molecule has 0 aliphatic heterocycles. The molecule has 1 amide bonds. The van der Waals surface area contributed by atoms with Gasteiger partial charge >= 0.3 is 13.8 Å². The molecule has 0 aliphatic carbocycles. The predicted octanol–water partition coefficient (Wildman–Crippen LogP) is 17.8. The zero-order valence-electron chi connectivity index (χ0n) is 46.6. The molecule has 3 unspecified atom stereocenters. The smallest absolute Gasteiger partial charge is 0.456 e. The highest BCUT2D eigenvalue weighted by atomic mass is 31.2. The number of amides is 1. The third kappa shape index (κ3) is 51.2. The lowest BCUT2D eigenvalue weighted by Crippen LogP contribution is -2.47. The highest BCUT2D eigenvalue weighted by molar-refractivity contribution is 7.47. The summed E-state index contributed by atoms with van der Waals surface area (Å²) in [7, 11) is 1.51. The van der Waals surface area contributed by atoms with Crippen molar-refractivity contribution in [3.05, 3.63) is 24.3 Å². The van der Waals surface area contributed by atoms with Gasteiger partial charge in [0.15, 0.2) is 0 Å². The number of ether oxygens (including phenoxy) is 1. The van der Waals surface area contributed by atoms with Crippen molar-refractivity contribution in [2.45, 2.75) is 303 Å². The Kier molecular flexibility index (Phi) is 48.9. The van der Waals surface area contributed by atoms with Crippen molar-refractivity contribution >= 4 is 19.7 Å². The van der Waals surface area contributed by atoms with E-state index >= 15 is 0 Å². The minimum absolute atomic E-state index is 0.0431. The molecule has 0 fully saturated rings. The Morgan fingerprint density at radius 2 is 0.841 bits per heavy atom. The molecular formula is C59H116N2O7P+. The molecule has 10 heteroatoms. The molecule has 0 aliphatic rings. The molecule has 408 valence electrons. The minimum atomic E-state index is -4.44. The lowest BCUT2D eigenvalue weighted by molar-refractivity contribution is -0.870. The van der Waals surface area contributed by atoms with Gasteiger partial charge in [-0.25, -0.2) is 4.57 Å². The molecule has 3 atom stereocenters. The Morgan fingerprint density at radius 3 is 1.23 bits per heavy atom. The highest BCUT2D eigenvalue weighted by Gasteiger charge is 2.30. The summed E-state index contributed by atoms with van der Waals surface area (Å²) >= 11 is 0. The molecular weight excluding hydrogens is 880 g/mol. The summed E-state index contributed by atoms with van der Waals surface area (Å²) in [5.74, 6) is -0.495. The molecule has 0 saturated heterocycles. The molecule has 0 heterocycles. The topological polar surface area (TPSA) is 111 Å². The number of likely N-dealkylation sites (N-methyl/N-ethyl adjacent to an activating group) is 1. The number of nitrogens with one attached hydrogen (secondary N) is 1. The van der Waals surface area contributed by atoms with Crippen LogP contribution in [0, 0.1) is 0 Å². The van der Waals surface area contributed by atoms with E-state index in [0.717, 1.165) is 57.8 Å². The fourth-order valence-electron chi connectivity index (χ4n) is 8.76. The summed E-state index contributed by atoms with van der Waals surface area (Å²) in [6, 6.07) is -0.842. The van der Waals surface area contributed by atoms with E-state index in [1.807, 2.05) is 33.3 Å². The monoisotopic (exact) mass is 996 g/mol. The minimum Gasteiger partial charge on any atom is -0.456 e. The summed E-state index contributed by atoms with van der Waals surface area (Å²) in [6.45, 7) is 7.03. The molecule has 0 spiro atoms. The predicted molar refractivity (Wildman–Crippen MR) is 296 cm³/mol. The van der Waals surface area contributed by atoms with Gasteiger partial charge in [-0.15, -0.1) is 0 Å². The van der Waals surface area contributed by atoms with Gasteiger partial charge in [-0.2, -0.15) is 0 Å². The maximum absolute atomic E-state index is 13.5. The zero-order valence-corrected chi connectivity index (χ0v) is 47.5. The number of phosphoric acid groups is 1. The van der Waals surface area contributed by atoms with Gasteiger partial charge in [0.2, 0.25) is 5.91 Å². The number of hydrogen-bond acceptors (Lipinski definition) is 6. The van der Waals surface area contributed by atoms with Crippen molar-refractivity contribution in [3.63, 3.8) is 0 Å². The van der Waals surface area contributed by atoms with Gasteiger partial charge in [-0.3, -0.25) is 18.6 Å². The van der Waals surface area contributed by atoms with Gasteiger partial charge in [-0.05, 0) is 57.4 Å². The fraction of sp³-hybridized carbons (Fsp3) is 0.898. The summed E-state index contributed by atoms with van der Waals surface area (Å²) in [5, 5.41) is 3.05. The van der Waals surface area contributed by atoms with E-state index in [1.165, 1.54) is 199 Å². The number of carbonyl (C=O) groups is 2. The second kappa shape index (κ2) is 50.0. The number of quaternary nitrogens is 1. The molecule has 0 aromatic carbocycles. The number of allylic oxidation sites excluding steroid dienone is 3. The third-order valence-corrected chi connectivity index (χ3v) is 14.4. The number of esters is 1. The SMILES string of the molecule is CCCCCCCC/C=C/CCCCCCCCCCCC(=O)NC(COP(=O)(O)OCC[N+](C)(C)C)C(/C=C\CCCCCCCCCCC)OC(=O)CCCCCCCCCCCCCCC. The van der Waals surface area contributed by atoms with Gasteiger partial charge in [0, 0.05) is 12.8 Å². The van der Waals surface area contributed by atoms with Crippen molar-refractivity contribution in [1.29, 1.82) is 0 Å². The number of unbranched alkanes of at least 4 members (excludes halogenated alkanes) is 36. The second-order valence-corrected chi connectivity index (χ2v) is 23.0. The second-order valence-electron chi connectivity index (χ2n) is 21.5. The summed E-state index contributed by atoms with van der Waals surface area (Å²) in [6.07, 6.45) is 57.4. The lowest BCUT2D eigenvalue weighted by Gasteiger charge is -2.27. The van der Waals surface area contributed by atoms with Crippen LogP contribution in [-0.4, -0.2) is 74.3 Å². The largest absolute Gasteiger partial charge is 0.472 e. The normalized spacial score (nSPS) is 13.9. The van der Waals surface area contributed by atoms with Crippen molar-refractivity contribution in [1.82, 2.24) is 5.32 Å². The number of phosphoric ester groups is 1. The molecule has 0 aromatic rings. The number of nitrogens with zero attached hydrogens (tertiary/aromatic N) is 1. The van der Waals surface area contributed by atoms with Crippen LogP contribution in [0.4, 0.5) is 0 Å². The lowest BCUT2D eigenvalue weighted by atomic mass is 10.0. The standard InChI is InChI=1S/C59H115N2O7P/c1-7-10-13-16-19-22-25-27-28-29-30-31-32-34-36-39-42-45-48-51-58(62)60-56(55-67-69(64,65)66-54-53-61(4,5)6)57(50-47-44-41-38-35-24-21-18-15-12-9-3)68-59(63)52-49-46-43-40-37-33-26-23-20-17-14-11-8-2/h27-28,47,50,56-57H,7-26,29-46,48-49,51-55H2,1-6H3,(H-,60,62,64,65)/p+1/b28-27+,50-47-. The summed E-state index contributed by atoms with van der Waals surface area (Å²) in [5.41, 5.74) is 0. The molecule has 0 aromatic heterocycles. The van der Waals surface area contributed by atoms with Crippen LogP contribution in [0.1, 0.15) is 290 Å². The maximum atomic E-state index is 13.5. The first kappa shape index (κ1) is 67.5. The van der Waals surface area contributed by atoms with E-state index in [-0.39, 0.29) is 25.1 Å². The van der Waals surface area contributed by atoms with Crippen molar-refractivity contribution in [3.8, 4) is 0 Å².